The van der Waals surface area contributed by atoms with Crippen LogP contribution in [0, 0.1) is 12.8 Å². The van der Waals surface area contributed by atoms with Crippen LogP contribution in [0.5, 0.6) is 0 Å². The van der Waals surface area contributed by atoms with Crippen LogP contribution in [0.2, 0.25) is 0 Å². The molecule has 1 saturated carbocycles. The first-order chi connectivity index (χ1) is 14.0. The van der Waals surface area contributed by atoms with Crippen molar-refractivity contribution in [2.75, 3.05) is 27.7 Å². The van der Waals surface area contributed by atoms with Gasteiger partial charge in [-0.3, -0.25) is 4.79 Å². The van der Waals surface area contributed by atoms with Gasteiger partial charge in [-0.1, -0.05) is 0 Å². The SMILES string of the molecule is Cc1cc(-c2cc(NS(C)=O)c3c(c2)N(CC2CC2)C(C(F)(F)F)N3)cn(C)c1=O. The molecule has 2 aliphatic rings. The highest BCUT2D eigenvalue weighted by Gasteiger charge is 2.50. The van der Waals surface area contributed by atoms with Crippen molar-refractivity contribution < 1.29 is 17.4 Å². The fraction of sp³-hybridized carbons (Fsp3) is 0.450. The van der Waals surface area contributed by atoms with Crippen molar-refractivity contribution >= 4 is 28.0 Å². The lowest BCUT2D eigenvalue weighted by Gasteiger charge is -2.28. The Hall–Kier alpha value is -2.49. The molecular formula is C20H23F3N4O2S. The van der Waals surface area contributed by atoms with E-state index in [4.69, 9.17) is 0 Å². The summed E-state index contributed by atoms with van der Waals surface area (Å²) < 4.78 is 57.4. The number of aromatic nitrogens is 1. The number of rotatable bonds is 5. The summed E-state index contributed by atoms with van der Waals surface area (Å²) in [5.74, 6) is 0.239. The first kappa shape index (κ1) is 20.8. The highest BCUT2D eigenvalue weighted by Crippen LogP contribution is 2.48. The molecule has 1 aromatic carbocycles. The minimum absolute atomic E-state index is 0.137. The molecule has 4 rings (SSSR count). The van der Waals surface area contributed by atoms with Gasteiger partial charge in [0.25, 0.3) is 5.56 Å². The number of pyridine rings is 1. The van der Waals surface area contributed by atoms with Gasteiger partial charge in [0.05, 0.1) is 17.1 Å². The second-order valence-electron chi connectivity index (χ2n) is 7.99. The lowest BCUT2D eigenvalue weighted by atomic mass is 10.0. The van der Waals surface area contributed by atoms with Crippen LogP contribution in [0.15, 0.2) is 29.2 Å². The lowest BCUT2D eigenvalue weighted by Crippen LogP contribution is -2.48. The molecule has 2 unspecified atom stereocenters. The number of halogens is 3. The van der Waals surface area contributed by atoms with Crippen LogP contribution in [0.4, 0.5) is 30.2 Å². The summed E-state index contributed by atoms with van der Waals surface area (Å²) in [6, 6.07) is 5.09. The molecule has 6 nitrogen and oxygen atoms in total. The Balaban J connectivity index is 1.88. The van der Waals surface area contributed by atoms with E-state index >= 15 is 0 Å². The van der Waals surface area contributed by atoms with Gasteiger partial charge in [-0.2, -0.15) is 13.2 Å². The van der Waals surface area contributed by atoms with E-state index in [2.05, 4.69) is 10.0 Å². The number of aryl methyl sites for hydroxylation is 2. The normalized spacial score (nSPS) is 19.4. The molecule has 2 atom stereocenters. The number of fused-ring (bicyclic) bond motifs is 1. The third kappa shape index (κ3) is 3.92. The first-order valence-corrected chi connectivity index (χ1v) is 11.2. The van der Waals surface area contributed by atoms with E-state index in [1.807, 2.05) is 0 Å². The largest absolute Gasteiger partial charge is 0.427 e. The number of nitrogens with zero attached hydrogens (tertiary/aromatic N) is 2. The van der Waals surface area contributed by atoms with Crippen LogP contribution in [0.25, 0.3) is 11.1 Å². The summed E-state index contributed by atoms with van der Waals surface area (Å²) in [6.07, 6.45) is -1.40. The summed E-state index contributed by atoms with van der Waals surface area (Å²) in [6.45, 7) is 1.99. The zero-order valence-electron chi connectivity index (χ0n) is 16.8. The van der Waals surface area contributed by atoms with Crippen LogP contribution >= 0.6 is 0 Å². The van der Waals surface area contributed by atoms with Crippen LogP contribution in [-0.2, 0) is 18.0 Å². The minimum atomic E-state index is -4.47. The van der Waals surface area contributed by atoms with Crippen molar-refractivity contribution in [2.24, 2.45) is 13.0 Å². The summed E-state index contributed by atoms with van der Waals surface area (Å²) in [7, 11) is 0.159. The highest BCUT2D eigenvalue weighted by atomic mass is 32.2. The van der Waals surface area contributed by atoms with Crippen molar-refractivity contribution in [3.05, 3.63) is 40.3 Å². The van der Waals surface area contributed by atoms with Gasteiger partial charge in [0, 0.05) is 31.6 Å². The number of benzene rings is 1. The maximum absolute atomic E-state index is 13.8. The summed E-state index contributed by atoms with van der Waals surface area (Å²) in [5.41, 5.74) is 2.78. The van der Waals surface area contributed by atoms with Gasteiger partial charge in [0.2, 0.25) is 0 Å². The molecule has 1 aromatic heterocycles. The molecule has 0 amide bonds. The smallest absolute Gasteiger partial charge is 0.354 e. The van der Waals surface area contributed by atoms with Crippen LogP contribution in [-0.4, -0.2) is 33.9 Å². The molecule has 0 radical (unpaired) electrons. The van der Waals surface area contributed by atoms with E-state index in [1.54, 1.807) is 38.4 Å². The third-order valence-corrected chi connectivity index (χ3v) is 5.94. The fourth-order valence-corrected chi connectivity index (χ4v) is 4.31. The van der Waals surface area contributed by atoms with E-state index in [-0.39, 0.29) is 11.5 Å². The van der Waals surface area contributed by atoms with Crippen molar-refractivity contribution in [2.45, 2.75) is 32.1 Å². The Morgan fingerprint density at radius 1 is 1.23 bits per heavy atom. The molecular weight excluding hydrogens is 417 g/mol. The molecule has 2 aromatic rings. The topological polar surface area (TPSA) is 66.4 Å². The fourth-order valence-electron chi connectivity index (χ4n) is 3.84. The standard InChI is InChI=1S/C20H23F3N4O2S/c1-11-6-14(10-26(2)18(11)28)13-7-15(25-30(3)29)17-16(8-13)27(9-12-4-5-12)19(24-17)20(21,22)23/h6-8,10,12,19,24-25H,4-5,9H2,1-3H3. The van der Waals surface area contributed by atoms with E-state index in [0.717, 1.165) is 12.8 Å². The van der Waals surface area contributed by atoms with Gasteiger partial charge in [-0.25, -0.2) is 4.21 Å². The van der Waals surface area contributed by atoms with Gasteiger partial charge >= 0.3 is 6.18 Å². The highest BCUT2D eigenvalue weighted by molar-refractivity contribution is 7.85. The molecule has 2 N–H and O–H groups in total. The average Bonchev–Trinajstić information content (AvgIpc) is 3.37. The zero-order valence-corrected chi connectivity index (χ0v) is 17.7. The Bertz CT molecular complexity index is 1050. The van der Waals surface area contributed by atoms with Crippen molar-refractivity contribution in [1.82, 2.24) is 4.57 Å². The van der Waals surface area contributed by atoms with E-state index < -0.39 is 23.3 Å². The van der Waals surface area contributed by atoms with Crippen molar-refractivity contribution in [3.63, 3.8) is 0 Å². The van der Waals surface area contributed by atoms with E-state index in [0.29, 0.717) is 40.3 Å². The Kier molecular flexibility index (Phi) is 5.08. The lowest BCUT2D eigenvalue weighted by molar-refractivity contribution is -0.141. The second-order valence-corrected chi connectivity index (χ2v) is 9.10. The third-order valence-electron chi connectivity index (χ3n) is 5.43. The maximum atomic E-state index is 13.8. The van der Waals surface area contributed by atoms with Gasteiger partial charge in [-0.05, 0) is 55.0 Å². The monoisotopic (exact) mass is 440 g/mol. The molecule has 162 valence electrons. The zero-order chi connectivity index (χ0) is 21.8. The Morgan fingerprint density at radius 3 is 2.50 bits per heavy atom. The summed E-state index contributed by atoms with van der Waals surface area (Å²) >= 11 is 0. The van der Waals surface area contributed by atoms with Gasteiger partial charge < -0.3 is 19.5 Å². The predicted octanol–water partition coefficient (Wildman–Crippen LogP) is 3.60. The molecule has 30 heavy (non-hydrogen) atoms. The molecule has 0 saturated heterocycles. The Morgan fingerprint density at radius 2 is 1.93 bits per heavy atom. The molecule has 1 aliphatic heterocycles. The number of hydrogen-bond acceptors (Lipinski definition) is 4. The van der Waals surface area contributed by atoms with E-state index in [9.17, 15) is 22.2 Å². The van der Waals surface area contributed by atoms with Crippen LogP contribution in [0.3, 0.4) is 0 Å². The van der Waals surface area contributed by atoms with Crippen molar-refractivity contribution in [3.8, 4) is 11.1 Å². The quantitative estimate of drug-likeness (QED) is 0.746. The second kappa shape index (κ2) is 7.33. The summed E-state index contributed by atoms with van der Waals surface area (Å²) in [5, 5.41) is 2.59. The molecule has 1 aliphatic carbocycles. The van der Waals surface area contributed by atoms with Crippen LogP contribution < -0.4 is 20.5 Å². The van der Waals surface area contributed by atoms with Gasteiger partial charge in [-0.15, -0.1) is 0 Å². The predicted molar refractivity (Wildman–Crippen MR) is 113 cm³/mol. The number of anilines is 3. The summed E-state index contributed by atoms with van der Waals surface area (Å²) in [4.78, 5) is 13.4. The van der Waals surface area contributed by atoms with Crippen LogP contribution in [0.1, 0.15) is 18.4 Å². The molecule has 0 bridgehead atoms. The van der Waals surface area contributed by atoms with Gasteiger partial charge in [0.1, 0.15) is 11.0 Å². The number of nitrogens with one attached hydrogen (secondary N) is 2. The minimum Gasteiger partial charge on any atom is -0.354 e. The van der Waals surface area contributed by atoms with Gasteiger partial charge in [0.15, 0.2) is 6.17 Å². The average molecular weight is 440 g/mol. The molecule has 10 heteroatoms. The van der Waals surface area contributed by atoms with Crippen molar-refractivity contribution in [1.29, 1.82) is 0 Å². The maximum Gasteiger partial charge on any atom is 0.427 e. The molecule has 0 spiro atoms. The number of alkyl halides is 3. The van der Waals surface area contributed by atoms with E-state index in [1.165, 1.54) is 15.7 Å². The molecule has 1 fully saturated rings. The number of hydrogen-bond donors (Lipinski definition) is 2. The molecule has 2 heterocycles. The Labute approximate surface area is 174 Å². The first-order valence-electron chi connectivity index (χ1n) is 9.60.